The van der Waals surface area contributed by atoms with E-state index < -0.39 is 10.0 Å². The molecule has 1 aromatic rings. The van der Waals surface area contributed by atoms with Crippen LogP contribution < -0.4 is 0 Å². The summed E-state index contributed by atoms with van der Waals surface area (Å²) in [4.78, 5) is 14.6. The number of nitrogens with zero attached hydrogens (tertiary/aromatic N) is 2. The fourth-order valence-electron chi connectivity index (χ4n) is 3.31. The van der Waals surface area contributed by atoms with Crippen molar-refractivity contribution in [1.29, 1.82) is 0 Å². The molecule has 2 fully saturated rings. The molecule has 2 aliphatic heterocycles. The van der Waals surface area contributed by atoms with Gasteiger partial charge >= 0.3 is 0 Å². The Morgan fingerprint density at radius 3 is 2.40 bits per heavy atom. The van der Waals surface area contributed by atoms with Crippen LogP contribution in [0.25, 0.3) is 0 Å². The van der Waals surface area contributed by atoms with E-state index in [1.165, 1.54) is 10.4 Å². The number of ether oxygens (including phenoxy) is 1. The van der Waals surface area contributed by atoms with Crippen LogP contribution in [0.15, 0.2) is 23.1 Å². The van der Waals surface area contributed by atoms with Crippen LogP contribution >= 0.6 is 11.6 Å². The first-order valence-electron chi connectivity index (χ1n) is 8.52. The first-order chi connectivity index (χ1) is 11.9. The number of carbonyl (C=O) groups excluding carboxylic acids is 1. The van der Waals surface area contributed by atoms with Gasteiger partial charge in [-0.25, -0.2) is 8.42 Å². The van der Waals surface area contributed by atoms with Crippen molar-refractivity contribution in [2.75, 3.05) is 39.4 Å². The van der Waals surface area contributed by atoms with Crippen molar-refractivity contribution in [2.45, 2.75) is 24.7 Å². The molecule has 3 rings (SSSR count). The maximum atomic E-state index is 12.8. The number of sulfonamides is 1. The van der Waals surface area contributed by atoms with Gasteiger partial charge in [0.25, 0.3) is 0 Å². The van der Waals surface area contributed by atoms with Crippen molar-refractivity contribution >= 4 is 27.5 Å². The summed E-state index contributed by atoms with van der Waals surface area (Å²) in [5.41, 5.74) is 0.736. The van der Waals surface area contributed by atoms with Gasteiger partial charge in [0.05, 0.1) is 18.1 Å². The summed E-state index contributed by atoms with van der Waals surface area (Å²) in [6, 6.07) is 4.75. The fraction of sp³-hybridized carbons (Fsp3) is 0.588. The molecule has 2 aliphatic rings. The topological polar surface area (TPSA) is 66.9 Å². The number of halogens is 1. The average molecular weight is 387 g/mol. The molecule has 0 atom stereocenters. The number of benzene rings is 1. The molecule has 6 nitrogen and oxygen atoms in total. The highest BCUT2D eigenvalue weighted by Gasteiger charge is 2.34. The number of amides is 1. The summed E-state index contributed by atoms with van der Waals surface area (Å²) in [6.07, 6.45) is 1.12. The molecular weight excluding hydrogens is 364 g/mol. The van der Waals surface area contributed by atoms with E-state index in [9.17, 15) is 13.2 Å². The molecule has 0 saturated carbocycles. The number of piperidine rings is 1. The zero-order valence-electron chi connectivity index (χ0n) is 14.3. The number of aryl methyl sites for hydroxylation is 1. The molecule has 8 heteroatoms. The van der Waals surface area contributed by atoms with Crippen LogP contribution in [0.1, 0.15) is 18.4 Å². The number of rotatable bonds is 3. The Kier molecular flexibility index (Phi) is 5.68. The Hall–Kier alpha value is -1.15. The minimum Gasteiger partial charge on any atom is -0.378 e. The molecule has 0 aliphatic carbocycles. The van der Waals surface area contributed by atoms with Gasteiger partial charge in [0.15, 0.2) is 0 Å². The third-order valence-corrected chi connectivity index (χ3v) is 7.21. The molecule has 1 amide bonds. The Bertz CT molecular complexity index is 739. The van der Waals surface area contributed by atoms with Gasteiger partial charge in [-0.3, -0.25) is 4.79 Å². The smallest absolute Gasteiger partial charge is 0.243 e. The Balaban J connectivity index is 1.64. The van der Waals surface area contributed by atoms with Crippen LogP contribution in [0.4, 0.5) is 0 Å². The Labute approximate surface area is 153 Å². The molecular formula is C17H23ClN2O4S. The van der Waals surface area contributed by atoms with Gasteiger partial charge in [-0.2, -0.15) is 4.31 Å². The van der Waals surface area contributed by atoms with Gasteiger partial charge < -0.3 is 9.64 Å². The van der Waals surface area contributed by atoms with Crippen LogP contribution in [0.5, 0.6) is 0 Å². The predicted molar refractivity (Wildman–Crippen MR) is 95.1 cm³/mol. The quantitative estimate of drug-likeness (QED) is 0.795. The van der Waals surface area contributed by atoms with Crippen LogP contribution in [-0.4, -0.2) is 62.9 Å². The largest absolute Gasteiger partial charge is 0.378 e. The number of hydrogen-bond donors (Lipinski definition) is 0. The van der Waals surface area contributed by atoms with Crippen LogP contribution in [-0.2, 0) is 19.6 Å². The van der Waals surface area contributed by atoms with E-state index >= 15 is 0 Å². The molecule has 0 spiro atoms. The van der Waals surface area contributed by atoms with Gasteiger partial charge in [0, 0.05) is 37.1 Å². The van der Waals surface area contributed by atoms with Crippen LogP contribution in [0.2, 0.25) is 5.02 Å². The lowest BCUT2D eigenvalue weighted by Crippen LogP contribution is -2.47. The molecule has 0 N–H and O–H groups in total. The highest BCUT2D eigenvalue weighted by atomic mass is 35.5. The van der Waals surface area contributed by atoms with Crippen LogP contribution in [0, 0.1) is 12.8 Å². The van der Waals surface area contributed by atoms with Crippen molar-refractivity contribution in [3.63, 3.8) is 0 Å². The first-order valence-corrected chi connectivity index (χ1v) is 10.3. The molecule has 0 unspecified atom stereocenters. The monoisotopic (exact) mass is 386 g/mol. The van der Waals surface area contributed by atoms with Gasteiger partial charge in [-0.15, -0.1) is 0 Å². The van der Waals surface area contributed by atoms with Crippen LogP contribution in [0.3, 0.4) is 0 Å². The predicted octanol–water partition coefficient (Wildman–Crippen LogP) is 1.91. The minimum atomic E-state index is -3.55. The summed E-state index contributed by atoms with van der Waals surface area (Å²) >= 11 is 5.98. The van der Waals surface area contributed by atoms with Crippen molar-refractivity contribution < 1.29 is 17.9 Å². The van der Waals surface area contributed by atoms with Crippen molar-refractivity contribution in [1.82, 2.24) is 9.21 Å². The lowest BCUT2D eigenvalue weighted by atomic mass is 9.96. The average Bonchev–Trinajstić information content (AvgIpc) is 2.64. The van der Waals surface area contributed by atoms with Gasteiger partial charge in [0.1, 0.15) is 0 Å². The maximum absolute atomic E-state index is 12.8. The Morgan fingerprint density at radius 1 is 1.16 bits per heavy atom. The van der Waals surface area contributed by atoms with Gasteiger partial charge in [-0.1, -0.05) is 11.6 Å². The maximum Gasteiger partial charge on any atom is 0.243 e. The summed E-state index contributed by atoms with van der Waals surface area (Å²) in [5, 5.41) is 0.550. The molecule has 2 saturated heterocycles. The molecule has 138 valence electrons. The zero-order valence-corrected chi connectivity index (χ0v) is 15.9. The molecule has 0 aromatic heterocycles. The number of hydrogen-bond acceptors (Lipinski definition) is 4. The molecule has 25 heavy (non-hydrogen) atoms. The van der Waals surface area contributed by atoms with E-state index in [-0.39, 0.29) is 16.7 Å². The van der Waals surface area contributed by atoms with Crippen molar-refractivity contribution in [2.24, 2.45) is 5.92 Å². The second-order valence-corrected chi connectivity index (χ2v) is 8.87. The van der Waals surface area contributed by atoms with E-state index in [1.54, 1.807) is 19.1 Å². The van der Waals surface area contributed by atoms with E-state index in [4.69, 9.17) is 16.3 Å². The van der Waals surface area contributed by atoms with Gasteiger partial charge in [0.2, 0.25) is 15.9 Å². The van der Waals surface area contributed by atoms with E-state index in [1.807, 2.05) is 4.90 Å². The van der Waals surface area contributed by atoms with Crippen molar-refractivity contribution in [3.8, 4) is 0 Å². The Morgan fingerprint density at radius 2 is 1.80 bits per heavy atom. The van der Waals surface area contributed by atoms with Gasteiger partial charge in [-0.05, 0) is 43.5 Å². The number of morpholine rings is 1. The lowest BCUT2D eigenvalue weighted by Gasteiger charge is -2.35. The highest BCUT2D eigenvalue weighted by molar-refractivity contribution is 7.89. The second-order valence-electron chi connectivity index (χ2n) is 6.53. The molecule has 1 aromatic carbocycles. The summed E-state index contributed by atoms with van der Waals surface area (Å²) < 4.78 is 32.3. The SMILES string of the molecule is Cc1cc(S(=O)(=O)N2CCC(C(=O)N3CCOCC3)CC2)ccc1Cl. The lowest BCUT2D eigenvalue weighted by molar-refractivity contribution is -0.140. The summed E-state index contributed by atoms with van der Waals surface area (Å²) in [7, 11) is -3.55. The zero-order chi connectivity index (χ0) is 18.0. The first kappa shape index (κ1) is 18.6. The van der Waals surface area contributed by atoms with E-state index in [0.717, 1.165) is 5.56 Å². The fourth-order valence-corrected chi connectivity index (χ4v) is 4.98. The second kappa shape index (κ2) is 7.61. The third-order valence-electron chi connectivity index (χ3n) is 4.89. The summed E-state index contributed by atoms with van der Waals surface area (Å²) in [5.74, 6) is 0.0270. The number of carbonyl (C=O) groups is 1. The minimum absolute atomic E-state index is 0.100. The standard InChI is InChI=1S/C17H23ClN2O4S/c1-13-12-15(2-3-16(13)18)25(22,23)20-6-4-14(5-7-20)17(21)19-8-10-24-11-9-19/h2-3,12,14H,4-11H2,1H3. The summed E-state index contributed by atoms with van der Waals surface area (Å²) in [6.45, 7) is 4.93. The third kappa shape index (κ3) is 4.00. The van der Waals surface area contributed by atoms with E-state index in [0.29, 0.717) is 57.3 Å². The normalized spacial score (nSPS) is 20.6. The molecule has 2 heterocycles. The molecule has 0 radical (unpaired) electrons. The van der Waals surface area contributed by atoms with E-state index in [2.05, 4.69) is 0 Å². The van der Waals surface area contributed by atoms with Crippen molar-refractivity contribution in [3.05, 3.63) is 28.8 Å². The highest BCUT2D eigenvalue weighted by Crippen LogP contribution is 2.27. The molecule has 0 bridgehead atoms.